The van der Waals surface area contributed by atoms with E-state index in [1.54, 1.807) is 35.2 Å². The summed E-state index contributed by atoms with van der Waals surface area (Å²) in [7, 11) is 3.84. The Morgan fingerprint density at radius 1 is 1.38 bits per heavy atom. The normalized spacial score (nSPS) is 16.3. The summed E-state index contributed by atoms with van der Waals surface area (Å²) in [5.41, 5.74) is -0.491. The standard InChI is InChI=1S/C22H24F3N5O2/c1-29(2)16-8-9-30(13-16)19-11-18(22(23,24)25)17(12-26)21(28-19)27-15-5-3-4-14(10-15)6-7-20(31)32/h3-5,10-11,16H,6-9,13H2,1-2H3,(H,27,28)(H,31,32). The summed E-state index contributed by atoms with van der Waals surface area (Å²) in [5.74, 6) is -0.966. The number of alkyl halides is 3. The van der Waals surface area contributed by atoms with E-state index in [0.29, 0.717) is 24.3 Å². The van der Waals surface area contributed by atoms with Gasteiger partial charge in [0.1, 0.15) is 17.5 Å². The molecule has 0 amide bonds. The number of carbonyl (C=O) groups is 1. The molecule has 1 unspecified atom stereocenters. The predicted octanol–water partition coefficient (Wildman–Crippen LogP) is 3.87. The summed E-state index contributed by atoms with van der Waals surface area (Å²) in [6.45, 7) is 1.09. The first kappa shape index (κ1) is 23.3. The molecule has 2 heterocycles. The Morgan fingerprint density at radius 3 is 2.72 bits per heavy atom. The van der Waals surface area contributed by atoms with Crippen LogP contribution in [0.1, 0.15) is 29.5 Å². The number of carboxylic acid groups (broad SMARTS) is 1. The number of halogens is 3. The van der Waals surface area contributed by atoms with Crippen LogP contribution in [-0.2, 0) is 17.4 Å². The molecule has 170 valence electrons. The van der Waals surface area contributed by atoms with Gasteiger partial charge in [-0.3, -0.25) is 4.79 Å². The molecule has 1 saturated heterocycles. The molecule has 10 heteroatoms. The van der Waals surface area contributed by atoms with Crippen molar-refractivity contribution in [3.8, 4) is 6.07 Å². The average Bonchev–Trinajstić information content (AvgIpc) is 3.22. The number of carboxylic acids is 1. The summed E-state index contributed by atoms with van der Waals surface area (Å²) in [5, 5.41) is 21.2. The molecule has 1 aliphatic rings. The van der Waals surface area contributed by atoms with Crippen LogP contribution < -0.4 is 10.2 Å². The summed E-state index contributed by atoms with van der Waals surface area (Å²) in [6, 6.07) is 9.45. The van der Waals surface area contributed by atoms with E-state index in [2.05, 4.69) is 10.3 Å². The minimum atomic E-state index is -4.72. The van der Waals surface area contributed by atoms with Gasteiger partial charge in [-0.2, -0.15) is 18.4 Å². The van der Waals surface area contributed by atoms with E-state index in [9.17, 15) is 23.2 Å². The molecular weight excluding hydrogens is 423 g/mol. The molecular formula is C22H24F3N5O2. The fraction of sp³-hybridized carbons (Fsp3) is 0.409. The van der Waals surface area contributed by atoms with Gasteiger partial charge in [0.25, 0.3) is 0 Å². The van der Waals surface area contributed by atoms with Crippen LogP contribution in [0.5, 0.6) is 0 Å². The maximum absolute atomic E-state index is 13.8. The predicted molar refractivity (Wildman–Crippen MR) is 114 cm³/mol. The number of aromatic nitrogens is 1. The largest absolute Gasteiger partial charge is 0.481 e. The molecule has 0 saturated carbocycles. The van der Waals surface area contributed by atoms with Crippen molar-refractivity contribution in [1.29, 1.82) is 5.26 Å². The van der Waals surface area contributed by atoms with Crippen molar-refractivity contribution in [3.63, 3.8) is 0 Å². The third-order valence-electron chi connectivity index (χ3n) is 5.46. The average molecular weight is 447 g/mol. The van der Waals surface area contributed by atoms with Crippen molar-refractivity contribution in [3.05, 3.63) is 47.0 Å². The number of rotatable bonds is 7. The summed E-state index contributed by atoms with van der Waals surface area (Å²) in [4.78, 5) is 19.0. The van der Waals surface area contributed by atoms with Crippen molar-refractivity contribution < 1.29 is 23.1 Å². The smallest absolute Gasteiger partial charge is 0.417 e. The highest BCUT2D eigenvalue weighted by Crippen LogP contribution is 2.38. The second kappa shape index (κ2) is 9.44. The highest BCUT2D eigenvalue weighted by Gasteiger charge is 2.37. The van der Waals surface area contributed by atoms with Crippen LogP contribution in [-0.4, -0.2) is 54.2 Å². The number of nitriles is 1. The topological polar surface area (TPSA) is 92.5 Å². The molecule has 1 aliphatic heterocycles. The first-order valence-corrected chi connectivity index (χ1v) is 10.1. The van der Waals surface area contributed by atoms with Crippen LogP contribution in [0, 0.1) is 11.3 Å². The number of hydrogen-bond donors (Lipinski definition) is 2. The number of benzene rings is 1. The van der Waals surface area contributed by atoms with Gasteiger partial charge in [-0.05, 0) is 50.7 Å². The first-order valence-electron chi connectivity index (χ1n) is 10.1. The van der Waals surface area contributed by atoms with Crippen LogP contribution in [0.3, 0.4) is 0 Å². The van der Waals surface area contributed by atoms with E-state index in [1.165, 1.54) is 0 Å². The van der Waals surface area contributed by atoms with E-state index < -0.39 is 23.3 Å². The van der Waals surface area contributed by atoms with E-state index in [4.69, 9.17) is 5.11 Å². The molecule has 1 fully saturated rings. The number of hydrogen-bond acceptors (Lipinski definition) is 6. The number of aryl methyl sites for hydroxylation is 1. The Balaban J connectivity index is 1.98. The summed E-state index contributed by atoms with van der Waals surface area (Å²) < 4.78 is 41.3. The molecule has 1 aromatic heterocycles. The zero-order valence-electron chi connectivity index (χ0n) is 17.8. The van der Waals surface area contributed by atoms with E-state index in [1.807, 2.05) is 19.0 Å². The van der Waals surface area contributed by atoms with Gasteiger partial charge in [0.15, 0.2) is 5.82 Å². The quantitative estimate of drug-likeness (QED) is 0.666. The lowest BCUT2D eigenvalue weighted by Crippen LogP contribution is -2.32. The van der Waals surface area contributed by atoms with Crippen molar-refractivity contribution >= 4 is 23.3 Å². The summed E-state index contributed by atoms with van der Waals surface area (Å²) in [6.07, 6.45) is -3.72. The molecule has 7 nitrogen and oxygen atoms in total. The Labute approximate surface area is 184 Å². The maximum Gasteiger partial charge on any atom is 0.417 e. The highest BCUT2D eigenvalue weighted by atomic mass is 19.4. The van der Waals surface area contributed by atoms with Crippen LogP contribution >= 0.6 is 0 Å². The molecule has 1 atom stereocenters. The zero-order chi connectivity index (χ0) is 23.5. The maximum atomic E-state index is 13.8. The molecule has 1 aromatic carbocycles. The molecule has 32 heavy (non-hydrogen) atoms. The summed E-state index contributed by atoms with van der Waals surface area (Å²) >= 11 is 0. The van der Waals surface area contributed by atoms with Gasteiger partial charge in [-0.1, -0.05) is 12.1 Å². The van der Waals surface area contributed by atoms with Crippen molar-refractivity contribution in [2.75, 3.05) is 37.4 Å². The number of anilines is 3. The number of nitrogens with one attached hydrogen (secondary N) is 1. The van der Waals surface area contributed by atoms with Crippen molar-refractivity contribution in [2.24, 2.45) is 0 Å². The molecule has 0 bridgehead atoms. The van der Waals surface area contributed by atoms with Gasteiger partial charge in [0.05, 0.1) is 5.56 Å². The van der Waals surface area contributed by atoms with Gasteiger partial charge >= 0.3 is 12.1 Å². The van der Waals surface area contributed by atoms with Gasteiger partial charge in [0.2, 0.25) is 0 Å². The lowest BCUT2D eigenvalue weighted by atomic mass is 10.1. The molecule has 2 N–H and O–H groups in total. The highest BCUT2D eigenvalue weighted by molar-refractivity contribution is 5.69. The van der Waals surface area contributed by atoms with E-state index >= 15 is 0 Å². The number of likely N-dealkylation sites (N-methyl/N-ethyl adjacent to an activating group) is 1. The van der Waals surface area contributed by atoms with Crippen LogP contribution in [0.2, 0.25) is 0 Å². The van der Waals surface area contributed by atoms with Crippen LogP contribution in [0.4, 0.5) is 30.5 Å². The fourth-order valence-corrected chi connectivity index (χ4v) is 3.68. The number of pyridine rings is 1. The third-order valence-corrected chi connectivity index (χ3v) is 5.46. The van der Waals surface area contributed by atoms with Crippen molar-refractivity contribution in [1.82, 2.24) is 9.88 Å². The van der Waals surface area contributed by atoms with Crippen molar-refractivity contribution in [2.45, 2.75) is 31.5 Å². The number of nitrogens with zero attached hydrogens (tertiary/aromatic N) is 4. The number of aliphatic carboxylic acids is 1. The van der Waals surface area contributed by atoms with Crippen LogP contribution in [0.25, 0.3) is 0 Å². The van der Waals surface area contributed by atoms with E-state index in [0.717, 1.165) is 12.5 Å². The fourth-order valence-electron chi connectivity index (χ4n) is 3.68. The lowest BCUT2D eigenvalue weighted by Gasteiger charge is -2.23. The SMILES string of the molecule is CN(C)C1CCN(c2cc(C(F)(F)F)c(C#N)c(Nc3cccc(CCC(=O)O)c3)n2)C1. The first-order chi connectivity index (χ1) is 15.1. The molecule has 2 aromatic rings. The second-order valence-electron chi connectivity index (χ2n) is 7.93. The third kappa shape index (κ3) is 5.48. The minimum absolute atomic E-state index is 0.0686. The lowest BCUT2D eigenvalue weighted by molar-refractivity contribution is -0.138. The van der Waals surface area contributed by atoms with Gasteiger partial charge in [0, 0.05) is 31.2 Å². The van der Waals surface area contributed by atoms with Gasteiger partial charge < -0.3 is 20.2 Å². The monoisotopic (exact) mass is 447 g/mol. The molecule has 0 aliphatic carbocycles. The Hall–Kier alpha value is -3.32. The Morgan fingerprint density at radius 2 is 2.12 bits per heavy atom. The second-order valence-corrected chi connectivity index (χ2v) is 7.93. The molecule has 3 rings (SSSR count). The zero-order valence-corrected chi connectivity index (χ0v) is 17.8. The molecule has 0 spiro atoms. The Bertz CT molecular complexity index is 1030. The molecule has 0 radical (unpaired) electrons. The van der Waals surface area contributed by atoms with Gasteiger partial charge in [-0.25, -0.2) is 4.98 Å². The minimum Gasteiger partial charge on any atom is -0.481 e. The van der Waals surface area contributed by atoms with E-state index in [-0.39, 0.29) is 30.5 Å². The Kier molecular flexibility index (Phi) is 6.89. The van der Waals surface area contributed by atoms with Crippen LogP contribution in [0.15, 0.2) is 30.3 Å². The van der Waals surface area contributed by atoms with Gasteiger partial charge in [-0.15, -0.1) is 0 Å².